The summed E-state index contributed by atoms with van der Waals surface area (Å²) >= 11 is 6.14. The molecule has 0 radical (unpaired) electrons. The lowest BCUT2D eigenvalue weighted by molar-refractivity contribution is -0.117. The van der Waals surface area contributed by atoms with E-state index in [-0.39, 0.29) is 24.4 Å². The van der Waals surface area contributed by atoms with E-state index in [0.717, 1.165) is 24.9 Å². The molecule has 2 aromatic carbocycles. The van der Waals surface area contributed by atoms with Crippen LogP contribution in [0.15, 0.2) is 42.5 Å². The van der Waals surface area contributed by atoms with Crippen molar-refractivity contribution >= 4 is 29.1 Å². The van der Waals surface area contributed by atoms with Gasteiger partial charge in [-0.1, -0.05) is 17.7 Å². The molecule has 1 aliphatic heterocycles. The Morgan fingerprint density at radius 3 is 2.52 bits per heavy atom. The van der Waals surface area contributed by atoms with Gasteiger partial charge in [-0.15, -0.1) is 0 Å². The third kappa shape index (κ3) is 3.69. The first-order valence-electron chi connectivity index (χ1n) is 9.19. The van der Waals surface area contributed by atoms with Crippen LogP contribution in [0.3, 0.4) is 0 Å². The molecule has 4 rings (SSSR count). The van der Waals surface area contributed by atoms with Gasteiger partial charge >= 0.3 is 0 Å². The van der Waals surface area contributed by atoms with Crippen molar-refractivity contribution in [1.29, 1.82) is 0 Å². The van der Waals surface area contributed by atoms with Crippen molar-refractivity contribution in [2.24, 2.45) is 0 Å². The molecule has 2 aromatic rings. The highest BCUT2D eigenvalue weighted by atomic mass is 35.5. The van der Waals surface area contributed by atoms with E-state index in [1.54, 1.807) is 46.2 Å². The second kappa shape index (κ2) is 7.31. The van der Waals surface area contributed by atoms with Crippen molar-refractivity contribution in [1.82, 2.24) is 4.90 Å². The highest BCUT2D eigenvalue weighted by Crippen LogP contribution is 2.32. The molecule has 0 spiro atoms. The lowest BCUT2D eigenvalue weighted by Gasteiger charge is -2.24. The number of anilines is 1. The minimum absolute atomic E-state index is 0.114. The van der Waals surface area contributed by atoms with Gasteiger partial charge < -0.3 is 9.80 Å². The monoisotopic (exact) mass is 386 g/mol. The maximum atomic E-state index is 14.2. The molecule has 0 N–H and O–H groups in total. The number of amides is 2. The number of carbonyl (C=O) groups is 2. The van der Waals surface area contributed by atoms with E-state index in [4.69, 9.17) is 11.6 Å². The van der Waals surface area contributed by atoms with Gasteiger partial charge in [0.2, 0.25) is 5.91 Å². The summed E-state index contributed by atoms with van der Waals surface area (Å²) in [7, 11) is 0. The molecule has 0 atom stereocenters. The standard InChI is InChI=1S/C21H20ClFN2O2/c22-18-3-1-4-19(23)17(18)13-25(16-10-11-16)21(27)14-6-8-15(9-7-14)24-12-2-5-20(24)26/h1,3-4,6-9,16H,2,5,10-13H2. The van der Waals surface area contributed by atoms with Crippen LogP contribution in [0.1, 0.15) is 41.6 Å². The SMILES string of the molecule is O=C1CCCN1c1ccc(C(=O)N(Cc2c(F)cccc2Cl)C2CC2)cc1. The zero-order valence-electron chi connectivity index (χ0n) is 14.8. The molecule has 1 saturated heterocycles. The van der Waals surface area contributed by atoms with Gasteiger partial charge in [-0.3, -0.25) is 9.59 Å². The van der Waals surface area contributed by atoms with E-state index < -0.39 is 5.82 Å². The summed E-state index contributed by atoms with van der Waals surface area (Å²) in [5, 5.41) is 0.330. The molecule has 6 heteroatoms. The quantitative estimate of drug-likeness (QED) is 0.763. The van der Waals surface area contributed by atoms with Gasteiger partial charge in [-0.2, -0.15) is 0 Å². The Morgan fingerprint density at radius 1 is 1.19 bits per heavy atom. The molecule has 2 fully saturated rings. The predicted molar refractivity (Wildman–Crippen MR) is 102 cm³/mol. The predicted octanol–water partition coefficient (Wildman–Crippen LogP) is 4.41. The van der Waals surface area contributed by atoms with Crippen LogP contribution in [0.4, 0.5) is 10.1 Å². The van der Waals surface area contributed by atoms with Crippen molar-refractivity contribution in [3.05, 3.63) is 64.4 Å². The van der Waals surface area contributed by atoms with Crippen molar-refractivity contribution < 1.29 is 14.0 Å². The van der Waals surface area contributed by atoms with E-state index in [1.165, 1.54) is 6.07 Å². The maximum absolute atomic E-state index is 14.2. The summed E-state index contributed by atoms with van der Waals surface area (Å²) in [4.78, 5) is 28.3. The van der Waals surface area contributed by atoms with E-state index in [0.29, 0.717) is 29.1 Å². The van der Waals surface area contributed by atoms with Crippen LogP contribution in [0.5, 0.6) is 0 Å². The van der Waals surface area contributed by atoms with Gasteiger partial charge in [0, 0.05) is 40.8 Å². The van der Waals surface area contributed by atoms with E-state index >= 15 is 0 Å². The number of carbonyl (C=O) groups excluding carboxylic acids is 2. The van der Waals surface area contributed by atoms with E-state index in [2.05, 4.69) is 0 Å². The molecule has 1 heterocycles. The topological polar surface area (TPSA) is 40.6 Å². The summed E-state index contributed by atoms with van der Waals surface area (Å²) in [6.07, 6.45) is 3.26. The fourth-order valence-corrected chi connectivity index (χ4v) is 3.70. The highest BCUT2D eigenvalue weighted by molar-refractivity contribution is 6.31. The first-order valence-corrected chi connectivity index (χ1v) is 9.56. The Bertz CT molecular complexity index is 860. The van der Waals surface area contributed by atoms with Crippen molar-refractivity contribution in [2.45, 2.75) is 38.3 Å². The van der Waals surface area contributed by atoms with E-state index in [9.17, 15) is 14.0 Å². The van der Waals surface area contributed by atoms with Crippen LogP contribution in [0, 0.1) is 5.82 Å². The molecule has 0 bridgehead atoms. The van der Waals surface area contributed by atoms with Gasteiger partial charge in [0.15, 0.2) is 0 Å². The molecule has 4 nitrogen and oxygen atoms in total. The zero-order chi connectivity index (χ0) is 19.0. The molecular weight excluding hydrogens is 367 g/mol. The molecular formula is C21H20ClFN2O2. The summed E-state index contributed by atoms with van der Waals surface area (Å²) in [5.74, 6) is -0.428. The van der Waals surface area contributed by atoms with Crippen LogP contribution in [-0.4, -0.2) is 29.3 Å². The van der Waals surface area contributed by atoms with Gasteiger partial charge in [0.25, 0.3) is 5.91 Å². The average molecular weight is 387 g/mol. The first kappa shape index (κ1) is 18.0. The van der Waals surface area contributed by atoms with Crippen LogP contribution in [0.25, 0.3) is 0 Å². The largest absolute Gasteiger partial charge is 0.331 e. The van der Waals surface area contributed by atoms with Crippen LogP contribution >= 0.6 is 11.6 Å². The maximum Gasteiger partial charge on any atom is 0.254 e. The first-order chi connectivity index (χ1) is 13.0. The van der Waals surface area contributed by atoms with Crippen molar-refractivity contribution in [3.8, 4) is 0 Å². The molecule has 2 aliphatic rings. The fourth-order valence-electron chi connectivity index (χ4n) is 3.48. The van der Waals surface area contributed by atoms with E-state index in [1.807, 2.05) is 0 Å². The zero-order valence-corrected chi connectivity index (χ0v) is 15.6. The lowest BCUT2D eigenvalue weighted by Crippen LogP contribution is -2.33. The number of rotatable bonds is 5. The number of halogens is 2. The molecule has 1 aliphatic carbocycles. The van der Waals surface area contributed by atoms with Gasteiger partial charge in [-0.05, 0) is 55.7 Å². The van der Waals surface area contributed by atoms with Crippen LogP contribution in [0.2, 0.25) is 5.02 Å². The molecule has 1 saturated carbocycles. The molecule has 140 valence electrons. The van der Waals surface area contributed by atoms with Crippen LogP contribution < -0.4 is 4.90 Å². The average Bonchev–Trinajstić information content (AvgIpc) is 3.41. The second-order valence-electron chi connectivity index (χ2n) is 7.06. The summed E-state index contributed by atoms with van der Waals surface area (Å²) < 4.78 is 14.2. The molecule has 0 aromatic heterocycles. The summed E-state index contributed by atoms with van der Waals surface area (Å²) in [6.45, 7) is 0.869. The second-order valence-corrected chi connectivity index (χ2v) is 7.47. The van der Waals surface area contributed by atoms with Gasteiger partial charge in [0.05, 0.1) is 6.54 Å². The fraction of sp³-hybridized carbons (Fsp3) is 0.333. The van der Waals surface area contributed by atoms with Gasteiger partial charge in [0.1, 0.15) is 5.82 Å². The number of hydrogen-bond donors (Lipinski definition) is 0. The van der Waals surface area contributed by atoms with Gasteiger partial charge in [-0.25, -0.2) is 4.39 Å². The molecule has 27 heavy (non-hydrogen) atoms. The minimum atomic E-state index is -0.399. The molecule has 2 amide bonds. The Balaban J connectivity index is 1.55. The number of nitrogens with zero attached hydrogens (tertiary/aromatic N) is 2. The van der Waals surface area contributed by atoms with Crippen molar-refractivity contribution in [3.63, 3.8) is 0 Å². The summed E-state index contributed by atoms with van der Waals surface area (Å²) in [5.41, 5.74) is 1.69. The Kier molecular flexibility index (Phi) is 4.87. The molecule has 0 unspecified atom stereocenters. The Labute approximate surface area is 162 Å². The Morgan fingerprint density at radius 2 is 1.93 bits per heavy atom. The normalized spacial score (nSPS) is 16.7. The minimum Gasteiger partial charge on any atom is -0.331 e. The summed E-state index contributed by atoms with van der Waals surface area (Å²) in [6, 6.07) is 11.8. The van der Waals surface area contributed by atoms with Crippen molar-refractivity contribution in [2.75, 3.05) is 11.4 Å². The number of hydrogen-bond acceptors (Lipinski definition) is 2. The third-order valence-electron chi connectivity index (χ3n) is 5.14. The van der Waals surface area contributed by atoms with Crippen LogP contribution in [-0.2, 0) is 11.3 Å². The smallest absolute Gasteiger partial charge is 0.254 e. The Hall–Kier alpha value is -2.40. The lowest BCUT2D eigenvalue weighted by atomic mass is 10.1. The highest BCUT2D eigenvalue weighted by Gasteiger charge is 2.34. The third-order valence-corrected chi connectivity index (χ3v) is 5.49. The number of benzene rings is 2.